The first kappa shape index (κ1) is 13.0. The van der Waals surface area contributed by atoms with Crippen molar-refractivity contribution >= 4 is 11.5 Å². The van der Waals surface area contributed by atoms with E-state index in [9.17, 15) is 0 Å². The molecular formula is C16H17NO3. The average Bonchev–Trinajstić information content (AvgIpc) is 2.51. The number of benzene rings is 1. The molecule has 1 aliphatic heterocycles. The molecule has 1 heterocycles. The lowest BCUT2D eigenvalue weighted by molar-refractivity contribution is 0.0458. The van der Waals surface area contributed by atoms with Gasteiger partial charge in [0.15, 0.2) is 0 Å². The molecule has 1 aromatic rings. The van der Waals surface area contributed by atoms with Crippen molar-refractivity contribution in [3.63, 3.8) is 0 Å². The van der Waals surface area contributed by atoms with Gasteiger partial charge in [0.25, 0.3) is 0 Å². The van der Waals surface area contributed by atoms with E-state index in [4.69, 9.17) is 14.7 Å². The van der Waals surface area contributed by atoms with E-state index in [2.05, 4.69) is 17.6 Å². The number of ether oxygens (including phenoxy) is 1. The van der Waals surface area contributed by atoms with Gasteiger partial charge in [0.1, 0.15) is 6.10 Å². The quantitative estimate of drug-likeness (QED) is 0.598. The molecule has 0 saturated heterocycles. The molecule has 0 saturated carbocycles. The summed E-state index contributed by atoms with van der Waals surface area (Å²) in [6.07, 6.45) is 8.58. The van der Waals surface area contributed by atoms with Crippen molar-refractivity contribution in [2.45, 2.75) is 12.5 Å². The Balaban J connectivity index is 1.97. The number of hydrogen-bond acceptors (Lipinski definition) is 4. The highest BCUT2D eigenvalue weighted by atomic mass is 16.8. The van der Waals surface area contributed by atoms with Crippen LogP contribution in [0.1, 0.15) is 6.42 Å². The average molecular weight is 271 g/mol. The van der Waals surface area contributed by atoms with Crippen LogP contribution in [0, 0.1) is 0 Å². The Labute approximate surface area is 117 Å². The van der Waals surface area contributed by atoms with E-state index in [1.54, 1.807) is 0 Å². The first-order valence-electron chi connectivity index (χ1n) is 6.76. The monoisotopic (exact) mass is 271 g/mol. The molecule has 3 rings (SSSR count). The smallest absolute Gasteiger partial charge is 0.308 e. The Morgan fingerprint density at radius 2 is 2.05 bits per heavy atom. The molecule has 20 heavy (non-hydrogen) atoms. The fourth-order valence-corrected chi connectivity index (χ4v) is 2.31. The highest BCUT2D eigenvalue weighted by Gasteiger charge is 2.21. The zero-order chi connectivity index (χ0) is 13.8. The Hall–Kier alpha value is -2.04. The van der Waals surface area contributed by atoms with Gasteiger partial charge in [-0.25, -0.2) is 0 Å². The molecule has 1 aromatic carbocycles. The highest BCUT2D eigenvalue weighted by Crippen LogP contribution is 2.20. The number of hydrogen-bond donors (Lipinski definition) is 2. The third kappa shape index (κ3) is 2.48. The fourth-order valence-electron chi connectivity index (χ4n) is 2.31. The van der Waals surface area contributed by atoms with Crippen LogP contribution in [0.15, 0.2) is 48.6 Å². The predicted octanol–water partition coefficient (Wildman–Crippen LogP) is 0.331. The highest BCUT2D eigenvalue weighted by molar-refractivity contribution is 5.68. The summed E-state index contributed by atoms with van der Waals surface area (Å²) in [5.74, 6) is 0.479. The first-order chi connectivity index (χ1) is 9.90. The number of aliphatic hydroxyl groups is 1. The Bertz CT molecular complexity index is 661. The van der Waals surface area contributed by atoms with Gasteiger partial charge in [-0.2, -0.15) is 5.48 Å². The third-order valence-electron chi connectivity index (χ3n) is 3.27. The molecule has 2 N–H and O–H groups in total. The van der Waals surface area contributed by atoms with Crippen LogP contribution in [0.5, 0.6) is 0 Å². The number of allylic oxidation sites excluding steroid dienone is 2. The summed E-state index contributed by atoms with van der Waals surface area (Å²) in [5.41, 5.74) is 3.96. The van der Waals surface area contributed by atoms with E-state index in [-0.39, 0.29) is 12.7 Å². The van der Waals surface area contributed by atoms with Crippen molar-refractivity contribution < 1.29 is 14.7 Å². The molecule has 4 heteroatoms. The second-order valence-corrected chi connectivity index (χ2v) is 4.64. The summed E-state index contributed by atoms with van der Waals surface area (Å²) in [6, 6.07) is 8.02. The lowest BCUT2D eigenvalue weighted by Crippen LogP contribution is -2.40. The van der Waals surface area contributed by atoms with Gasteiger partial charge in [-0.15, -0.1) is 0 Å². The van der Waals surface area contributed by atoms with Gasteiger partial charge in [-0.1, -0.05) is 36.4 Å². The Morgan fingerprint density at radius 3 is 2.90 bits per heavy atom. The van der Waals surface area contributed by atoms with E-state index >= 15 is 0 Å². The van der Waals surface area contributed by atoms with Crippen LogP contribution in [0.2, 0.25) is 0 Å². The number of fused-ring (bicyclic) bond motifs is 2. The van der Waals surface area contributed by atoms with Crippen LogP contribution in [-0.4, -0.2) is 24.4 Å². The summed E-state index contributed by atoms with van der Waals surface area (Å²) < 4.78 is 5.89. The van der Waals surface area contributed by atoms with E-state index < -0.39 is 0 Å². The van der Waals surface area contributed by atoms with Crippen molar-refractivity contribution in [1.82, 2.24) is 5.48 Å². The van der Waals surface area contributed by atoms with Gasteiger partial charge in [0, 0.05) is 18.7 Å². The predicted molar refractivity (Wildman–Crippen MR) is 76.5 cm³/mol. The SMILES string of the molecule is OCCCNOC1=c2ccccc2=C2C=CC=CC2O1. The van der Waals surface area contributed by atoms with E-state index in [0.29, 0.717) is 18.9 Å². The lowest BCUT2D eigenvalue weighted by Gasteiger charge is -2.24. The minimum absolute atomic E-state index is 0.107. The van der Waals surface area contributed by atoms with E-state index in [1.807, 2.05) is 36.4 Å². The normalized spacial score (nSPS) is 19.4. The molecule has 0 fully saturated rings. The maximum atomic E-state index is 8.76. The second kappa shape index (κ2) is 5.94. The molecule has 0 bridgehead atoms. The van der Waals surface area contributed by atoms with Gasteiger partial charge in [0.2, 0.25) is 0 Å². The number of hydroxylamine groups is 1. The van der Waals surface area contributed by atoms with Crippen molar-refractivity contribution in [1.29, 1.82) is 0 Å². The van der Waals surface area contributed by atoms with Crippen molar-refractivity contribution in [3.05, 3.63) is 59.0 Å². The summed E-state index contributed by atoms with van der Waals surface area (Å²) in [6.45, 7) is 0.708. The second-order valence-electron chi connectivity index (χ2n) is 4.64. The molecule has 0 radical (unpaired) electrons. The van der Waals surface area contributed by atoms with Gasteiger partial charge in [-0.3, -0.25) is 0 Å². The molecule has 0 aromatic heterocycles. The molecule has 4 nitrogen and oxygen atoms in total. The largest absolute Gasteiger partial charge is 0.451 e. The third-order valence-corrected chi connectivity index (χ3v) is 3.27. The molecule has 0 amide bonds. The summed E-state index contributed by atoms with van der Waals surface area (Å²) in [5, 5.41) is 10.8. The van der Waals surface area contributed by atoms with Crippen LogP contribution in [0.4, 0.5) is 0 Å². The molecule has 0 spiro atoms. The van der Waals surface area contributed by atoms with Crippen LogP contribution in [-0.2, 0) is 9.57 Å². The summed E-state index contributed by atoms with van der Waals surface area (Å²) >= 11 is 0. The molecule has 1 unspecified atom stereocenters. The number of rotatable bonds is 5. The van der Waals surface area contributed by atoms with Crippen molar-refractivity contribution in [2.75, 3.05) is 13.2 Å². The maximum Gasteiger partial charge on any atom is 0.308 e. The summed E-state index contributed by atoms with van der Waals surface area (Å²) in [4.78, 5) is 5.52. The minimum atomic E-state index is -0.107. The topological polar surface area (TPSA) is 50.7 Å². The zero-order valence-electron chi connectivity index (χ0n) is 11.1. The maximum absolute atomic E-state index is 8.76. The van der Waals surface area contributed by atoms with Crippen molar-refractivity contribution in [3.8, 4) is 0 Å². The molecule has 104 valence electrons. The van der Waals surface area contributed by atoms with Crippen LogP contribution in [0.3, 0.4) is 0 Å². The molecule has 1 atom stereocenters. The van der Waals surface area contributed by atoms with Gasteiger partial charge in [0.05, 0.1) is 5.22 Å². The summed E-state index contributed by atoms with van der Waals surface area (Å²) in [7, 11) is 0. The van der Waals surface area contributed by atoms with Crippen LogP contribution < -0.4 is 15.9 Å². The molecule has 2 aliphatic rings. The van der Waals surface area contributed by atoms with Gasteiger partial charge >= 0.3 is 5.95 Å². The minimum Gasteiger partial charge on any atom is -0.451 e. The fraction of sp³-hybridized carbons (Fsp3) is 0.250. The number of nitrogens with one attached hydrogen (secondary N) is 1. The Morgan fingerprint density at radius 1 is 1.20 bits per heavy atom. The van der Waals surface area contributed by atoms with Gasteiger partial charge in [-0.05, 0) is 23.8 Å². The first-order valence-corrected chi connectivity index (χ1v) is 6.76. The van der Waals surface area contributed by atoms with Crippen LogP contribution in [0.25, 0.3) is 11.5 Å². The number of aliphatic hydroxyl groups excluding tert-OH is 1. The lowest BCUT2D eigenvalue weighted by atomic mass is 9.99. The standard InChI is InChI=1S/C16H17NO3/c18-11-5-10-17-20-16-14-8-2-1-6-12(14)13-7-3-4-9-15(13)19-16/h1-4,6-9,15,17-18H,5,10-11H2. The van der Waals surface area contributed by atoms with Gasteiger partial charge < -0.3 is 14.7 Å². The molecule has 1 aliphatic carbocycles. The van der Waals surface area contributed by atoms with Crippen molar-refractivity contribution in [2.24, 2.45) is 0 Å². The molecular weight excluding hydrogens is 254 g/mol. The zero-order valence-corrected chi connectivity index (χ0v) is 11.1. The van der Waals surface area contributed by atoms with E-state index in [0.717, 1.165) is 16.0 Å². The van der Waals surface area contributed by atoms with E-state index in [1.165, 1.54) is 0 Å². The Kier molecular flexibility index (Phi) is 3.85. The van der Waals surface area contributed by atoms with Crippen LogP contribution >= 0.6 is 0 Å².